The number of carbonyl (C=O) groups excluding carboxylic acids is 1. The average Bonchev–Trinajstić information content (AvgIpc) is 2.34. The summed E-state index contributed by atoms with van der Waals surface area (Å²) < 4.78 is 0.288. The molecule has 0 aromatic carbocycles. The van der Waals surface area contributed by atoms with Crippen LogP contribution in [0.15, 0.2) is 18.5 Å². The first kappa shape index (κ1) is 15.3. The lowest BCUT2D eigenvalue weighted by Gasteiger charge is -2.16. The van der Waals surface area contributed by atoms with Crippen LogP contribution in [0.1, 0.15) is 18.6 Å². The lowest BCUT2D eigenvalue weighted by Crippen LogP contribution is -2.29. The molecular formula is C10H12N2O6S. The van der Waals surface area contributed by atoms with Gasteiger partial charge in [-0.2, -0.15) is 4.73 Å². The number of thioether (sulfide) groups is 1. The van der Waals surface area contributed by atoms with Gasteiger partial charge >= 0.3 is 0 Å². The third-order valence-electron chi connectivity index (χ3n) is 2.28. The normalized spacial score (nSPS) is 13.8. The number of carbonyl (C=O) groups is 1. The largest absolute Gasteiger partial charge is 0.619 e. The average molecular weight is 288 g/mol. The number of nitro groups is 1. The molecule has 0 spiro atoms. The number of aliphatic hydroxyl groups is 2. The second kappa shape index (κ2) is 6.45. The zero-order valence-electron chi connectivity index (χ0n) is 9.92. The molecule has 0 aliphatic carbocycles. The topological polar surface area (TPSA) is 128 Å². The van der Waals surface area contributed by atoms with E-state index in [4.69, 9.17) is 0 Å². The van der Waals surface area contributed by atoms with E-state index in [9.17, 15) is 30.3 Å². The molecular weight excluding hydrogens is 276 g/mol. The summed E-state index contributed by atoms with van der Waals surface area (Å²) >= 11 is 0.777. The molecule has 0 aliphatic heterocycles. The Morgan fingerprint density at radius 2 is 2.21 bits per heavy atom. The van der Waals surface area contributed by atoms with Crippen LogP contribution in [0.5, 0.6) is 0 Å². The smallest absolute Gasteiger partial charge is 0.287 e. The molecule has 1 aromatic rings. The van der Waals surface area contributed by atoms with Crippen LogP contribution in [-0.4, -0.2) is 32.1 Å². The quantitative estimate of drug-likeness (QED) is 0.335. The van der Waals surface area contributed by atoms with Crippen molar-refractivity contribution in [2.24, 2.45) is 0 Å². The molecule has 1 rings (SSSR count). The maximum Gasteiger partial charge on any atom is 0.287 e. The summed E-state index contributed by atoms with van der Waals surface area (Å²) in [6.45, 7) is 1.29. The standard InChI is InChI=1S/C10H12N2O6S/c1-6(13)19-5-9(14)10(15)7-4-11(16)3-2-8(7)12(17)18/h2-4,9-10,14-15H,5H2,1H3. The third-order valence-corrected chi connectivity index (χ3v) is 3.19. The van der Waals surface area contributed by atoms with E-state index in [-0.39, 0.29) is 21.2 Å². The Kier molecular flexibility index (Phi) is 5.21. The van der Waals surface area contributed by atoms with E-state index >= 15 is 0 Å². The van der Waals surface area contributed by atoms with Crippen molar-refractivity contribution in [1.29, 1.82) is 0 Å². The number of pyridine rings is 1. The Bertz CT molecular complexity index is 495. The SMILES string of the molecule is CC(=O)SCC(O)C(O)c1c[n+]([O-])ccc1[N+](=O)[O-]. The summed E-state index contributed by atoms with van der Waals surface area (Å²) in [5.41, 5.74) is -0.759. The van der Waals surface area contributed by atoms with Gasteiger partial charge in [-0.25, -0.2) is 0 Å². The summed E-state index contributed by atoms with van der Waals surface area (Å²) in [6, 6.07) is 0.941. The van der Waals surface area contributed by atoms with E-state index in [1.165, 1.54) is 6.92 Å². The molecule has 1 heterocycles. The molecule has 0 bridgehead atoms. The first-order chi connectivity index (χ1) is 8.82. The maximum atomic E-state index is 11.1. The van der Waals surface area contributed by atoms with Gasteiger partial charge in [0.15, 0.2) is 17.5 Å². The lowest BCUT2D eigenvalue weighted by atomic mass is 10.1. The van der Waals surface area contributed by atoms with Crippen LogP contribution >= 0.6 is 11.8 Å². The van der Waals surface area contributed by atoms with Gasteiger partial charge in [0.25, 0.3) is 5.69 Å². The van der Waals surface area contributed by atoms with Gasteiger partial charge in [-0.1, -0.05) is 11.8 Å². The summed E-state index contributed by atoms with van der Waals surface area (Å²) in [4.78, 5) is 20.8. The zero-order valence-corrected chi connectivity index (χ0v) is 10.7. The monoisotopic (exact) mass is 288 g/mol. The fourth-order valence-corrected chi connectivity index (χ4v) is 1.97. The van der Waals surface area contributed by atoms with Gasteiger partial charge in [0, 0.05) is 12.7 Å². The molecule has 0 amide bonds. The summed E-state index contributed by atoms with van der Waals surface area (Å²) in [7, 11) is 0. The highest BCUT2D eigenvalue weighted by atomic mass is 32.2. The van der Waals surface area contributed by atoms with Gasteiger partial charge in [0.05, 0.1) is 17.1 Å². The molecule has 0 saturated carbocycles. The van der Waals surface area contributed by atoms with Gasteiger partial charge in [-0.3, -0.25) is 14.9 Å². The van der Waals surface area contributed by atoms with E-state index in [0.717, 1.165) is 30.2 Å². The van der Waals surface area contributed by atoms with E-state index in [1.54, 1.807) is 0 Å². The second-order valence-corrected chi connectivity index (χ2v) is 4.91. The number of hydrogen-bond acceptors (Lipinski definition) is 7. The van der Waals surface area contributed by atoms with Gasteiger partial charge < -0.3 is 15.4 Å². The first-order valence-electron chi connectivity index (χ1n) is 5.19. The Balaban J connectivity index is 2.97. The van der Waals surface area contributed by atoms with Crippen LogP contribution in [0.25, 0.3) is 0 Å². The maximum absolute atomic E-state index is 11.1. The summed E-state index contributed by atoms with van der Waals surface area (Å²) in [5, 5.41) is 41.1. The molecule has 2 unspecified atom stereocenters. The molecule has 0 aliphatic rings. The van der Waals surface area contributed by atoms with Gasteiger partial charge in [0.2, 0.25) is 0 Å². The van der Waals surface area contributed by atoms with Crippen molar-refractivity contribution in [3.8, 4) is 0 Å². The Hall–Kier alpha value is -1.71. The molecule has 0 saturated heterocycles. The molecule has 2 N–H and O–H groups in total. The van der Waals surface area contributed by atoms with Crippen molar-refractivity contribution < 1.29 is 24.7 Å². The van der Waals surface area contributed by atoms with Crippen LogP contribution in [0.3, 0.4) is 0 Å². The van der Waals surface area contributed by atoms with E-state index in [0.29, 0.717) is 0 Å². The fraction of sp³-hybridized carbons (Fsp3) is 0.400. The second-order valence-electron chi connectivity index (χ2n) is 3.72. The number of nitrogens with zero attached hydrogens (tertiary/aromatic N) is 2. The number of rotatable bonds is 5. The van der Waals surface area contributed by atoms with Crippen molar-refractivity contribution in [3.63, 3.8) is 0 Å². The van der Waals surface area contributed by atoms with Crippen LogP contribution in [0.4, 0.5) is 5.69 Å². The fourth-order valence-electron chi connectivity index (χ4n) is 1.38. The van der Waals surface area contributed by atoms with E-state index in [1.807, 2.05) is 0 Å². The molecule has 2 atom stereocenters. The minimum absolute atomic E-state index is 0.124. The number of aliphatic hydroxyl groups excluding tert-OH is 2. The minimum Gasteiger partial charge on any atom is -0.619 e. The molecule has 0 radical (unpaired) electrons. The van der Waals surface area contributed by atoms with Crippen molar-refractivity contribution in [2.45, 2.75) is 19.1 Å². The van der Waals surface area contributed by atoms with E-state index < -0.39 is 22.8 Å². The van der Waals surface area contributed by atoms with Gasteiger partial charge in [0.1, 0.15) is 11.7 Å². The zero-order chi connectivity index (χ0) is 14.6. The van der Waals surface area contributed by atoms with Crippen LogP contribution in [-0.2, 0) is 4.79 Å². The van der Waals surface area contributed by atoms with Crippen molar-refractivity contribution in [3.05, 3.63) is 39.3 Å². The molecule has 0 fully saturated rings. The summed E-state index contributed by atoms with van der Waals surface area (Å²) in [6.07, 6.45) is -1.26. The van der Waals surface area contributed by atoms with Crippen LogP contribution in [0.2, 0.25) is 0 Å². The Morgan fingerprint density at radius 1 is 1.58 bits per heavy atom. The Labute approximate surface area is 112 Å². The molecule has 1 aromatic heterocycles. The predicted molar refractivity (Wildman–Crippen MR) is 66.2 cm³/mol. The highest BCUT2D eigenvalue weighted by Gasteiger charge is 2.29. The van der Waals surface area contributed by atoms with Crippen molar-refractivity contribution in [1.82, 2.24) is 0 Å². The summed E-state index contributed by atoms with van der Waals surface area (Å²) in [5.74, 6) is -0.124. The van der Waals surface area contributed by atoms with Gasteiger partial charge in [-0.05, 0) is 0 Å². The molecule has 19 heavy (non-hydrogen) atoms. The highest BCUT2D eigenvalue weighted by molar-refractivity contribution is 8.13. The van der Waals surface area contributed by atoms with Gasteiger partial charge in [-0.15, -0.1) is 0 Å². The van der Waals surface area contributed by atoms with Crippen molar-refractivity contribution in [2.75, 3.05) is 5.75 Å². The number of hydrogen-bond donors (Lipinski definition) is 2. The minimum atomic E-state index is -1.62. The lowest BCUT2D eigenvalue weighted by molar-refractivity contribution is -0.606. The predicted octanol–water partition coefficient (Wildman–Crippen LogP) is -0.0978. The Morgan fingerprint density at radius 3 is 2.74 bits per heavy atom. The highest BCUT2D eigenvalue weighted by Crippen LogP contribution is 2.26. The van der Waals surface area contributed by atoms with Crippen molar-refractivity contribution >= 4 is 22.6 Å². The number of aromatic nitrogens is 1. The third kappa shape index (κ3) is 4.16. The van der Waals surface area contributed by atoms with E-state index in [2.05, 4.69) is 0 Å². The molecule has 104 valence electrons. The molecule has 8 nitrogen and oxygen atoms in total. The first-order valence-corrected chi connectivity index (χ1v) is 6.18. The van der Waals surface area contributed by atoms with Crippen LogP contribution in [0, 0.1) is 15.3 Å². The van der Waals surface area contributed by atoms with Crippen LogP contribution < -0.4 is 4.73 Å². The molecule has 9 heteroatoms.